The fourth-order valence-electron chi connectivity index (χ4n) is 0.834. The molecule has 78 valence electrons. The standard InChI is InChI=1S/C9H13ClN2S2/c1-9(2,3)14-7-5-6(10)11-8(12-7)13-4/h5H,1-4H3. The van der Waals surface area contributed by atoms with Crippen LogP contribution in [0.15, 0.2) is 16.2 Å². The molecule has 2 nitrogen and oxygen atoms in total. The SMILES string of the molecule is CSc1nc(Cl)cc(SC(C)(C)C)n1. The Kier molecular flexibility index (Phi) is 4.10. The number of nitrogens with zero attached hydrogens (tertiary/aromatic N) is 2. The summed E-state index contributed by atoms with van der Waals surface area (Å²) < 4.78 is 0.146. The topological polar surface area (TPSA) is 25.8 Å². The van der Waals surface area contributed by atoms with E-state index >= 15 is 0 Å². The van der Waals surface area contributed by atoms with Crippen LogP contribution < -0.4 is 0 Å². The molecular formula is C9H13ClN2S2. The summed E-state index contributed by atoms with van der Waals surface area (Å²) in [5.41, 5.74) is 0. The third-order valence-corrected chi connectivity index (χ3v) is 3.02. The zero-order valence-corrected chi connectivity index (χ0v) is 11.1. The van der Waals surface area contributed by atoms with E-state index in [1.54, 1.807) is 17.8 Å². The number of thioether (sulfide) groups is 2. The van der Waals surface area contributed by atoms with Crippen LogP contribution in [0.4, 0.5) is 0 Å². The highest BCUT2D eigenvalue weighted by Gasteiger charge is 2.14. The maximum absolute atomic E-state index is 5.88. The van der Waals surface area contributed by atoms with E-state index in [9.17, 15) is 0 Å². The van der Waals surface area contributed by atoms with Crippen molar-refractivity contribution in [1.29, 1.82) is 0 Å². The predicted molar refractivity (Wildman–Crippen MR) is 64.4 cm³/mol. The lowest BCUT2D eigenvalue weighted by Crippen LogP contribution is -2.07. The third-order valence-electron chi connectivity index (χ3n) is 1.24. The van der Waals surface area contributed by atoms with Crippen LogP contribution in [0, 0.1) is 0 Å². The first-order chi connectivity index (χ1) is 6.40. The van der Waals surface area contributed by atoms with E-state index in [4.69, 9.17) is 11.6 Å². The highest BCUT2D eigenvalue weighted by atomic mass is 35.5. The maximum Gasteiger partial charge on any atom is 0.189 e. The molecule has 0 aliphatic carbocycles. The monoisotopic (exact) mass is 248 g/mol. The Bertz CT molecular complexity index is 323. The van der Waals surface area contributed by atoms with Gasteiger partial charge in [-0.3, -0.25) is 0 Å². The lowest BCUT2D eigenvalue weighted by atomic mass is 10.3. The first-order valence-electron chi connectivity index (χ1n) is 4.18. The second kappa shape index (κ2) is 4.73. The van der Waals surface area contributed by atoms with Gasteiger partial charge in [-0.05, 0) is 6.26 Å². The maximum atomic E-state index is 5.88. The van der Waals surface area contributed by atoms with Gasteiger partial charge in [0, 0.05) is 10.8 Å². The molecule has 0 atom stereocenters. The molecule has 1 aromatic rings. The average Bonchev–Trinajstić information content (AvgIpc) is 1.99. The van der Waals surface area contributed by atoms with E-state index in [0.29, 0.717) is 5.15 Å². The molecule has 0 aromatic carbocycles. The summed E-state index contributed by atoms with van der Waals surface area (Å²) in [6, 6.07) is 1.80. The molecule has 0 saturated heterocycles. The van der Waals surface area contributed by atoms with Crippen molar-refractivity contribution in [2.75, 3.05) is 6.26 Å². The van der Waals surface area contributed by atoms with E-state index in [2.05, 4.69) is 30.7 Å². The Hall–Kier alpha value is 0.0700. The van der Waals surface area contributed by atoms with Gasteiger partial charge in [-0.15, -0.1) is 11.8 Å². The highest BCUT2D eigenvalue weighted by Crippen LogP contribution is 2.32. The van der Waals surface area contributed by atoms with E-state index in [0.717, 1.165) is 10.2 Å². The molecule has 0 aliphatic heterocycles. The average molecular weight is 249 g/mol. The third kappa shape index (κ3) is 4.07. The van der Waals surface area contributed by atoms with Gasteiger partial charge in [0.2, 0.25) is 0 Å². The fourth-order valence-corrected chi connectivity index (χ4v) is 2.50. The van der Waals surface area contributed by atoms with Crippen molar-refractivity contribution in [3.63, 3.8) is 0 Å². The van der Waals surface area contributed by atoms with Crippen molar-refractivity contribution in [2.24, 2.45) is 0 Å². The molecule has 0 radical (unpaired) electrons. The van der Waals surface area contributed by atoms with Crippen LogP contribution in [0.2, 0.25) is 5.15 Å². The summed E-state index contributed by atoms with van der Waals surface area (Å²) in [7, 11) is 0. The van der Waals surface area contributed by atoms with Gasteiger partial charge in [0.1, 0.15) is 10.2 Å². The summed E-state index contributed by atoms with van der Waals surface area (Å²) in [4.78, 5) is 8.45. The largest absolute Gasteiger partial charge is 0.216 e. The second-order valence-electron chi connectivity index (χ2n) is 3.73. The van der Waals surface area contributed by atoms with Gasteiger partial charge in [-0.25, -0.2) is 9.97 Å². The molecule has 0 fully saturated rings. The van der Waals surface area contributed by atoms with Crippen molar-refractivity contribution in [3.05, 3.63) is 11.2 Å². The molecule has 1 rings (SSSR count). The summed E-state index contributed by atoms with van der Waals surface area (Å²) in [5.74, 6) is 0. The molecule has 5 heteroatoms. The Morgan fingerprint density at radius 3 is 2.43 bits per heavy atom. The molecule has 14 heavy (non-hydrogen) atoms. The zero-order valence-electron chi connectivity index (χ0n) is 8.67. The lowest BCUT2D eigenvalue weighted by Gasteiger charge is -2.16. The summed E-state index contributed by atoms with van der Waals surface area (Å²) in [6.07, 6.45) is 1.94. The van der Waals surface area contributed by atoms with E-state index < -0.39 is 0 Å². The molecule has 0 saturated carbocycles. The van der Waals surface area contributed by atoms with Gasteiger partial charge in [0.15, 0.2) is 5.16 Å². The minimum absolute atomic E-state index is 0.146. The molecule has 0 N–H and O–H groups in total. The number of hydrogen-bond donors (Lipinski definition) is 0. The second-order valence-corrected chi connectivity index (χ2v) is 6.74. The molecule has 1 heterocycles. The number of hydrogen-bond acceptors (Lipinski definition) is 4. The van der Waals surface area contributed by atoms with Crippen molar-refractivity contribution < 1.29 is 0 Å². The smallest absolute Gasteiger partial charge is 0.189 e. The Morgan fingerprint density at radius 1 is 1.29 bits per heavy atom. The molecule has 0 amide bonds. The summed E-state index contributed by atoms with van der Waals surface area (Å²) in [5, 5.41) is 2.17. The molecule has 0 bridgehead atoms. The van der Waals surface area contributed by atoms with Crippen LogP contribution in [0.3, 0.4) is 0 Å². The van der Waals surface area contributed by atoms with Crippen molar-refractivity contribution >= 4 is 35.1 Å². The minimum atomic E-state index is 0.146. The van der Waals surface area contributed by atoms with E-state index in [-0.39, 0.29) is 4.75 Å². The van der Waals surface area contributed by atoms with Crippen LogP contribution in [-0.2, 0) is 0 Å². The molecular weight excluding hydrogens is 236 g/mol. The molecule has 0 unspecified atom stereocenters. The lowest BCUT2D eigenvalue weighted by molar-refractivity contribution is 0.792. The fraction of sp³-hybridized carbons (Fsp3) is 0.556. The van der Waals surface area contributed by atoms with Crippen molar-refractivity contribution in [2.45, 2.75) is 35.7 Å². The molecule has 0 spiro atoms. The van der Waals surface area contributed by atoms with Gasteiger partial charge >= 0.3 is 0 Å². The van der Waals surface area contributed by atoms with Crippen LogP contribution >= 0.6 is 35.1 Å². The van der Waals surface area contributed by atoms with Gasteiger partial charge < -0.3 is 0 Å². The molecule has 1 aromatic heterocycles. The zero-order chi connectivity index (χ0) is 10.8. The van der Waals surface area contributed by atoms with Gasteiger partial charge in [0.05, 0.1) is 0 Å². The normalized spacial score (nSPS) is 11.8. The summed E-state index contributed by atoms with van der Waals surface area (Å²) in [6.45, 7) is 6.44. The van der Waals surface area contributed by atoms with Gasteiger partial charge in [-0.2, -0.15) is 0 Å². The predicted octanol–water partition coefficient (Wildman–Crippen LogP) is 3.74. The first-order valence-corrected chi connectivity index (χ1v) is 6.60. The first kappa shape index (κ1) is 12.1. The summed E-state index contributed by atoms with van der Waals surface area (Å²) >= 11 is 9.08. The number of halogens is 1. The minimum Gasteiger partial charge on any atom is -0.216 e. The molecule has 0 aliphatic rings. The van der Waals surface area contributed by atoms with Crippen LogP contribution in [0.1, 0.15) is 20.8 Å². The van der Waals surface area contributed by atoms with Crippen LogP contribution in [-0.4, -0.2) is 21.0 Å². The number of aromatic nitrogens is 2. The van der Waals surface area contributed by atoms with Crippen molar-refractivity contribution in [1.82, 2.24) is 9.97 Å². The van der Waals surface area contributed by atoms with Crippen LogP contribution in [0.5, 0.6) is 0 Å². The van der Waals surface area contributed by atoms with Gasteiger partial charge in [-0.1, -0.05) is 44.1 Å². The van der Waals surface area contributed by atoms with Crippen LogP contribution in [0.25, 0.3) is 0 Å². The Labute approximate surface area is 98.2 Å². The number of rotatable bonds is 2. The highest BCUT2D eigenvalue weighted by molar-refractivity contribution is 8.00. The van der Waals surface area contributed by atoms with E-state index in [1.807, 2.05) is 6.26 Å². The quantitative estimate of drug-likeness (QED) is 0.452. The van der Waals surface area contributed by atoms with Gasteiger partial charge in [0.25, 0.3) is 0 Å². The van der Waals surface area contributed by atoms with Crippen molar-refractivity contribution in [3.8, 4) is 0 Å². The Balaban J connectivity index is 2.92. The Morgan fingerprint density at radius 2 is 1.93 bits per heavy atom. The van der Waals surface area contributed by atoms with E-state index in [1.165, 1.54) is 11.8 Å².